The summed E-state index contributed by atoms with van der Waals surface area (Å²) in [6.45, 7) is 2.35. The molecular formula is C20H18Cl2N4O3. The molecule has 4 rings (SSSR count). The number of fused-ring (bicyclic) bond motifs is 1. The number of aromatic nitrogens is 1. The number of nitrogens with one attached hydrogen (secondary N) is 1. The highest BCUT2D eigenvalue weighted by Crippen LogP contribution is 2.41. The van der Waals surface area contributed by atoms with Gasteiger partial charge in [-0.15, -0.1) is 0 Å². The fourth-order valence-electron chi connectivity index (χ4n) is 3.81. The van der Waals surface area contributed by atoms with Crippen LogP contribution < -0.4 is 10.2 Å². The molecule has 1 N–H and O–H groups in total. The molecule has 0 bridgehead atoms. The number of nitrogens with zero attached hydrogens (tertiary/aromatic N) is 3. The number of rotatable bonds is 3. The van der Waals surface area contributed by atoms with Gasteiger partial charge in [0.15, 0.2) is 0 Å². The highest BCUT2D eigenvalue weighted by atomic mass is 35.5. The second-order valence-electron chi connectivity index (χ2n) is 7.27. The second kappa shape index (κ2) is 7.31. The number of amides is 4. The topological polar surface area (TPSA) is 82.6 Å². The summed E-state index contributed by atoms with van der Waals surface area (Å²) in [5, 5.41) is 3.08. The van der Waals surface area contributed by atoms with Crippen LogP contribution in [0.5, 0.6) is 0 Å². The van der Waals surface area contributed by atoms with Gasteiger partial charge in [0.2, 0.25) is 0 Å². The summed E-state index contributed by atoms with van der Waals surface area (Å²) in [6.07, 6.45) is 2.40. The molecule has 9 heteroatoms. The second-order valence-corrected chi connectivity index (χ2v) is 8.07. The zero-order chi connectivity index (χ0) is 20.8. The third kappa shape index (κ3) is 3.34. The Morgan fingerprint density at radius 2 is 1.97 bits per heavy atom. The highest BCUT2D eigenvalue weighted by molar-refractivity contribution is 6.36. The normalized spacial score (nSPS) is 21.3. The van der Waals surface area contributed by atoms with E-state index in [1.165, 1.54) is 12.1 Å². The molecule has 150 valence electrons. The lowest BCUT2D eigenvalue weighted by Gasteiger charge is -2.35. The number of hydrogen-bond acceptors (Lipinski definition) is 4. The van der Waals surface area contributed by atoms with Crippen LogP contribution in [0.2, 0.25) is 10.2 Å². The number of imide groups is 1. The predicted octanol–water partition coefficient (Wildman–Crippen LogP) is 4.35. The predicted molar refractivity (Wildman–Crippen MR) is 110 cm³/mol. The molecular weight excluding hydrogens is 415 g/mol. The zero-order valence-corrected chi connectivity index (χ0v) is 17.1. The minimum absolute atomic E-state index is 0.160. The maximum absolute atomic E-state index is 13.0. The van der Waals surface area contributed by atoms with Crippen LogP contribution in [0.1, 0.15) is 36.7 Å². The van der Waals surface area contributed by atoms with E-state index in [0.717, 1.165) is 17.7 Å². The lowest BCUT2D eigenvalue weighted by atomic mass is 9.89. The Balaban J connectivity index is 1.58. The van der Waals surface area contributed by atoms with Crippen molar-refractivity contribution in [2.45, 2.75) is 31.7 Å². The first-order valence-electron chi connectivity index (χ1n) is 9.21. The lowest BCUT2D eigenvalue weighted by Crippen LogP contribution is -2.49. The Bertz CT molecular complexity index is 1030. The van der Waals surface area contributed by atoms with E-state index in [4.69, 9.17) is 23.2 Å². The van der Waals surface area contributed by atoms with Crippen LogP contribution >= 0.6 is 23.2 Å². The van der Waals surface area contributed by atoms with Crippen LogP contribution in [0.3, 0.4) is 0 Å². The minimum atomic E-state index is -0.830. The molecule has 2 aromatic rings. The summed E-state index contributed by atoms with van der Waals surface area (Å²) in [6, 6.07) is 9.02. The fourth-order valence-corrected chi connectivity index (χ4v) is 4.24. The van der Waals surface area contributed by atoms with Gasteiger partial charge in [-0.05, 0) is 56.5 Å². The average molecular weight is 433 g/mol. The molecule has 0 spiro atoms. The van der Waals surface area contributed by atoms with Gasteiger partial charge in [-0.3, -0.25) is 9.59 Å². The van der Waals surface area contributed by atoms with Crippen molar-refractivity contribution in [3.05, 3.63) is 52.3 Å². The van der Waals surface area contributed by atoms with E-state index in [0.29, 0.717) is 24.3 Å². The number of hydrogen-bond donors (Lipinski definition) is 1. The number of carbonyl (C=O) groups excluding carboxylic acids is 3. The monoisotopic (exact) mass is 432 g/mol. The molecule has 3 heterocycles. The fraction of sp³-hybridized carbons (Fsp3) is 0.300. The van der Waals surface area contributed by atoms with Gasteiger partial charge >= 0.3 is 6.03 Å². The first-order chi connectivity index (χ1) is 13.8. The molecule has 2 aliphatic heterocycles. The molecule has 1 aromatic heterocycles. The first-order valence-corrected chi connectivity index (χ1v) is 9.96. The molecule has 29 heavy (non-hydrogen) atoms. The van der Waals surface area contributed by atoms with Crippen LogP contribution in [0.15, 0.2) is 36.4 Å². The van der Waals surface area contributed by atoms with Crippen molar-refractivity contribution in [3.8, 4) is 0 Å². The summed E-state index contributed by atoms with van der Waals surface area (Å²) < 4.78 is 0. The van der Waals surface area contributed by atoms with E-state index < -0.39 is 11.4 Å². The number of benzene rings is 1. The number of urea groups is 1. The average Bonchev–Trinajstić information content (AvgIpc) is 2.88. The Morgan fingerprint density at radius 3 is 2.66 bits per heavy atom. The van der Waals surface area contributed by atoms with Crippen molar-refractivity contribution in [2.24, 2.45) is 0 Å². The van der Waals surface area contributed by atoms with Gasteiger partial charge in [0.05, 0.1) is 10.7 Å². The van der Waals surface area contributed by atoms with E-state index in [9.17, 15) is 14.4 Å². The van der Waals surface area contributed by atoms with E-state index >= 15 is 0 Å². The first kappa shape index (κ1) is 19.7. The molecule has 0 saturated carbocycles. The van der Waals surface area contributed by atoms with Crippen LogP contribution in [-0.4, -0.2) is 39.8 Å². The molecule has 1 atom stereocenters. The van der Waals surface area contributed by atoms with Crippen LogP contribution in [0, 0.1) is 0 Å². The number of anilines is 2. The van der Waals surface area contributed by atoms with Gasteiger partial charge in [-0.1, -0.05) is 29.3 Å². The molecule has 4 amide bonds. The zero-order valence-electron chi connectivity index (χ0n) is 15.6. The van der Waals surface area contributed by atoms with Gasteiger partial charge in [0.25, 0.3) is 11.8 Å². The molecule has 2 aliphatic rings. The Kier molecular flexibility index (Phi) is 4.96. The van der Waals surface area contributed by atoms with E-state index in [1.54, 1.807) is 36.1 Å². The largest absolute Gasteiger partial charge is 0.332 e. The van der Waals surface area contributed by atoms with Crippen LogP contribution in [0.25, 0.3) is 0 Å². The molecule has 2 fully saturated rings. The van der Waals surface area contributed by atoms with E-state index in [1.807, 2.05) is 0 Å². The summed E-state index contributed by atoms with van der Waals surface area (Å²) in [5.41, 5.74) is 0.0428. The van der Waals surface area contributed by atoms with Gasteiger partial charge in [-0.2, -0.15) is 0 Å². The van der Waals surface area contributed by atoms with Gasteiger partial charge in [0.1, 0.15) is 16.4 Å². The summed E-state index contributed by atoms with van der Waals surface area (Å²) >= 11 is 12.2. The van der Waals surface area contributed by atoms with Gasteiger partial charge in [-0.25, -0.2) is 14.7 Å². The van der Waals surface area contributed by atoms with Crippen molar-refractivity contribution in [2.75, 3.05) is 16.8 Å². The van der Waals surface area contributed by atoms with Crippen molar-refractivity contribution < 1.29 is 14.4 Å². The Labute approximate surface area is 177 Å². The van der Waals surface area contributed by atoms with Crippen molar-refractivity contribution in [1.82, 2.24) is 9.88 Å². The van der Waals surface area contributed by atoms with Crippen molar-refractivity contribution in [1.29, 1.82) is 0 Å². The van der Waals surface area contributed by atoms with Crippen molar-refractivity contribution in [3.63, 3.8) is 0 Å². The third-order valence-electron chi connectivity index (χ3n) is 5.37. The number of pyridine rings is 1. The molecule has 1 unspecified atom stereocenters. The third-order valence-corrected chi connectivity index (χ3v) is 5.88. The minimum Gasteiger partial charge on any atom is -0.321 e. The SMILES string of the molecule is CC12CCCCN1C(=O)N(c1ccc(NC(=O)c3cccc(Cl)n3)cc1Cl)C2=O. The Morgan fingerprint density at radius 1 is 1.17 bits per heavy atom. The molecule has 0 radical (unpaired) electrons. The number of carbonyl (C=O) groups is 3. The lowest BCUT2D eigenvalue weighted by molar-refractivity contribution is -0.125. The quantitative estimate of drug-likeness (QED) is 0.576. The number of piperidine rings is 1. The summed E-state index contributed by atoms with van der Waals surface area (Å²) in [4.78, 5) is 44.9. The summed E-state index contributed by atoms with van der Waals surface area (Å²) in [5.74, 6) is -0.724. The van der Waals surface area contributed by atoms with Crippen LogP contribution in [0.4, 0.5) is 16.2 Å². The van der Waals surface area contributed by atoms with Gasteiger partial charge < -0.3 is 10.2 Å². The number of halogens is 2. The molecule has 7 nitrogen and oxygen atoms in total. The molecule has 1 aromatic carbocycles. The van der Waals surface area contributed by atoms with E-state index in [-0.39, 0.29) is 27.8 Å². The van der Waals surface area contributed by atoms with Gasteiger partial charge in [0, 0.05) is 12.2 Å². The van der Waals surface area contributed by atoms with Crippen molar-refractivity contribution >= 4 is 52.4 Å². The van der Waals surface area contributed by atoms with Crippen LogP contribution in [-0.2, 0) is 4.79 Å². The summed E-state index contributed by atoms with van der Waals surface area (Å²) in [7, 11) is 0. The molecule has 0 aliphatic carbocycles. The highest BCUT2D eigenvalue weighted by Gasteiger charge is 2.55. The maximum Gasteiger partial charge on any atom is 0.332 e. The molecule has 2 saturated heterocycles. The Hall–Kier alpha value is -2.64. The standard InChI is InChI=1S/C20H18Cl2N4O3/c1-20-9-2-3-10-25(20)19(29)26(18(20)28)15-8-7-12(11-13(15)21)23-17(27)14-5-4-6-16(22)24-14/h4-8,11H,2-3,9-10H2,1H3,(H,23,27). The van der Waals surface area contributed by atoms with E-state index in [2.05, 4.69) is 10.3 Å². The maximum atomic E-state index is 13.0. The smallest absolute Gasteiger partial charge is 0.321 e.